The number of phenolic OH excluding ortho intramolecular Hbond substituents is 1. The molecule has 3 aromatic carbocycles. The van der Waals surface area contributed by atoms with Gasteiger partial charge in [-0.2, -0.15) is 13.2 Å². The van der Waals surface area contributed by atoms with Gasteiger partial charge < -0.3 is 20.9 Å². The number of hydrogen-bond donors (Lipinski definition) is 3. The highest BCUT2D eigenvalue weighted by atomic mass is 35.5. The lowest BCUT2D eigenvalue weighted by atomic mass is 10.2. The SMILES string of the molecule is Nc1cc(Oc2ccc(C(F)(F)F)cc2Cl)cc(Nc2ccccc2O)c1Cl. The predicted octanol–water partition coefficient (Wildman–Crippen LogP) is 6.84. The van der Waals surface area contributed by atoms with Crippen LogP contribution in [0.4, 0.5) is 30.2 Å². The van der Waals surface area contributed by atoms with Gasteiger partial charge >= 0.3 is 6.18 Å². The summed E-state index contributed by atoms with van der Waals surface area (Å²) in [4.78, 5) is 0. The van der Waals surface area contributed by atoms with Crippen molar-refractivity contribution in [3.63, 3.8) is 0 Å². The smallest absolute Gasteiger partial charge is 0.416 e. The lowest BCUT2D eigenvalue weighted by Gasteiger charge is -2.15. The van der Waals surface area contributed by atoms with Gasteiger partial charge in [0.25, 0.3) is 0 Å². The maximum absolute atomic E-state index is 12.8. The molecule has 9 heteroatoms. The number of phenols is 1. The number of ether oxygens (including phenoxy) is 1. The molecule has 3 aromatic rings. The third kappa shape index (κ3) is 4.37. The standard InChI is InChI=1S/C19H13Cl2F3N2O2/c20-12-7-10(19(22,23)24)5-6-17(12)28-11-8-13(25)18(21)15(9-11)26-14-3-1-2-4-16(14)27/h1-9,26-27H,25H2. The minimum Gasteiger partial charge on any atom is -0.506 e. The molecule has 0 fully saturated rings. The Hall–Kier alpha value is -2.77. The van der Waals surface area contributed by atoms with Crippen LogP contribution in [0.5, 0.6) is 17.2 Å². The maximum atomic E-state index is 12.8. The molecule has 0 bridgehead atoms. The highest BCUT2D eigenvalue weighted by molar-refractivity contribution is 6.36. The molecule has 146 valence electrons. The summed E-state index contributed by atoms with van der Waals surface area (Å²) < 4.78 is 43.9. The van der Waals surface area contributed by atoms with E-state index >= 15 is 0 Å². The summed E-state index contributed by atoms with van der Waals surface area (Å²) in [6.45, 7) is 0. The second-order valence-electron chi connectivity index (χ2n) is 5.76. The highest BCUT2D eigenvalue weighted by Crippen LogP contribution is 2.40. The van der Waals surface area contributed by atoms with Crippen LogP contribution in [0.3, 0.4) is 0 Å². The summed E-state index contributed by atoms with van der Waals surface area (Å²) in [5.41, 5.74) is 5.89. The highest BCUT2D eigenvalue weighted by Gasteiger charge is 2.31. The van der Waals surface area contributed by atoms with Gasteiger partial charge in [-0.3, -0.25) is 0 Å². The molecule has 4 nitrogen and oxygen atoms in total. The van der Waals surface area contributed by atoms with Crippen LogP contribution < -0.4 is 15.8 Å². The van der Waals surface area contributed by atoms with Crippen molar-refractivity contribution in [1.82, 2.24) is 0 Å². The lowest BCUT2D eigenvalue weighted by molar-refractivity contribution is -0.137. The van der Waals surface area contributed by atoms with E-state index in [1.165, 1.54) is 18.2 Å². The van der Waals surface area contributed by atoms with Gasteiger partial charge in [0.1, 0.15) is 17.2 Å². The molecule has 0 spiro atoms. The Morgan fingerprint density at radius 3 is 2.32 bits per heavy atom. The monoisotopic (exact) mass is 428 g/mol. The molecule has 0 aromatic heterocycles. The molecule has 0 radical (unpaired) electrons. The van der Waals surface area contributed by atoms with Crippen molar-refractivity contribution in [1.29, 1.82) is 0 Å². The number of para-hydroxylation sites is 2. The van der Waals surface area contributed by atoms with Crippen molar-refractivity contribution in [3.8, 4) is 17.2 Å². The van der Waals surface area contributed by atoms with E-state index in [9.17, 15) is 18.3 Å². The molecule has 0 aliphatic rings. The Balaban J connectivity index is 1.91. The minimum absolute atomic E-state index is 0.00533. The number of nitrogens with two attached hydrogens (primary N) is 1. The summed E-state index contributed by atoms with van der Waals surface area (Å²) in [6.07, 6.45) is -4.51. The van der Waals surface area contributed by atoms with E-state index in [-0.39, 0.29) is 33.0 Å². The van der Waals surface area contributed by atoms with E-state index in [4.69, 9.17) is 33.7 Å². The third-order valence-corrected chi connectivity index (χ3v) is 4.45. The van der Waals surface area contributed by atoms with Crippen molar-refractivity contribution in [2.24, 2.45) is 0 Å². The van der Waals surface area contributed by atoms with E-state index in [0.717, 1.165) is 18.2 Å². The Bertz CT molecular complexity index is 1030. The van der Waals surface area contributed by atoms with Crippen LogP contribution in [0.15, 0.2) is 54.6 Å². The van der Waals surface area contributed by atoms with Crippen LogP contribution >= 0.6 is 23.2 Å². The maximum Gasteiger partial charge on any atom is 0.416 e. The third-order valence-electron chi connectivity index (χ3n) is 3.73. The first-order valence-corrected chi connectivity index (χ1v) is 8.59. The first kappa shape index (κ1) is 20.0. The Morgan fingerprint density at radius 1 is 0.964 bits per heavy atom. The van der Waals surface area contributed by atoms with Crippen molar-refractivity contribution in [3.05, 3.63) is 70.2 Å². The summed E-state index contributed by atoms with van der Waals surface area (Å²) >= 11 is 12.1. The van der Waals surface area contributed by atoms with Crippen LogP contribution in [0, 0.1) is 0 Å². The van der Waals surface area contributed by atoms with E-state index in [1.54, 1.807) is 18.2 Å². The van der Waals surface area contributed by atoms with E-state index in [1.807, 2.05) is 0 Å². The number of halogens is 5. The number of nitrogens with one attached hydrogen (secondary N) is 1. The Labute approximate surface area is 168 Å². The van der Waals surface area contributed by atoms with E-state index < -0.39 is 11.7 Å². The summed E-state index contributed by atoms with van der Waals surface area (Å²) in [7, 11) is 0. The Kier molecular flexibility index (Phi) is 5.49. The van der Waals surface area contributed by atoms with Crippen LogP contribution in [-0.2, 0) is 6.18 Å². The van der Waals surface area contributed by atoms with Crippen molar-refractivity contribution >= 4 is 40.3 Å². The summed E-state index contributed by atoms with van der Waals surface area (Å²) in [6, 6.07) is 12.1. The molecule has 0 heterocycles. The molecular formula is C19H13Cl2F3N2O2. The molecule has 4 N–H and O–H groups in total. The number of aromatic hydroxyl groups is 1. The fraction of sp³-hybridized carbons (Fsp3) is 0.0526. The van der Waals surface area contributed by atoms with Gasteiger partial charge in [-0.1, -0.05) is 35.3 Å². The fourth-order valence-electron chi connectivity index (χ4n) is 2.38. The molecule has 0 amide bonds. The number of nitrogen functional groups attached to an aromatic ring is 1. The summed E-state index contributed by atoms with van der Waals surface area (Å²) in [5.74, 6) is 0.209. The zero-order chi connectivity index (χ0) is 20.5. The number of anilines is 3. The molecule has 0 unspecified atom stereocenters. The van der Waals surface area contributed by atoms with Crippen molar-refractivity contribution < 1.29 is 23.0 Å². The second-order valence-corrected chi connectivity index (χ2v) is 6.55. The molecule has 0 saturated heterocycles. The van der Waals surface area contributed by atoms with Crippen LogP contribution in [0.25, 0.3) is 0 Å². The predicted molar refractivity (Wildman–Crippen MR) is 104 cm³/mol. The van der Waals surface area contributed by atoms with Crippen LogP contribution in [0.2, 0.25) is 10.0 Å². The van der Waals surface area contributed by atoms with Gasteiger partial charge in [-0.15, -0.1) is 0 Å². The molecule has 28 heavy (non-hydrogen) atoms. The normalized spacial score (nSPS) is 11.3. The van der Waals surface area contributed by atoms with Crippen LogP contribution in [-0.4, -0.2) is 5.11 Å². The average Bonchev–Trinajstić information content (AvgIpc) is 2.62. The topological polar surface area (TPSA) is 67.5 Å². The quantitative estimate of drug-likeness (QED) is 0.314. The fourth-order valence-corrected chi connectivity index (χ4v) is 2.76. The first-order valence-electron chi connectivity index (χ1n) is 7.84. The molecule has 3 rings (SSSR count). The van der Waals surface area contributed by atoms with Gasteiger partial charge in [-0.05, 0) is 30.3 Å². The van der Waals surface area contributed by atoms with Crippen molar-refractivity contribution in [2.45, 2.75) is 6.18 Å². The number of alkyl halides is 3. The largest absolute Gasteiger partial charge is 0.506 e. The zero-order valence-corrected chi connectivity index (χ0v) is 15.5. The summed E-state index contributed by atoms with van der Waals surface area (Å²) in [5, 5.41) is 12.8. The number of benzene rings is 3. The zero-order valence-electron chi connectivity index (χ0n) is 14.0. The molecule has 0 aliphatic carbocycles. The van der Waals surface area contributed by atoms with Gasteiger partial charge in [0.05, 0.1) is 32.7 Å². The van der Waals surface area contributed by atoms with Crippen LogP contribution in [0.1, 0.15) is 5.56 Å². The van der Waals surface area contributed by atoms with E-state index in [2.05, 4.69) is 5.32 Å². The van der Waals surface area contributed by atoms with E-state index in [0.29, 0.717) is 11.4 Å². The first-order chi connectivity index (χ1) is 13.1. The lowest BCUT2D eigenvalue weighted by Crippen LogP contribution is -2.04. The molecule has 0 atom stereocenters. The average molecular weight is 429 g/mol. The molecule has 0 saturated carbocycles. The minimum atomic E-state index is -4.51. The van der Waals surface area contributed by atoms with Gasteiger partial charge in [0, 0.05) is 12.1 Å². The van der Waals surface area contributed by atoms with Gasteiger partial charge in [-0.25, -0.2) is 0 Å². The number of rotatable bonds is 4. The molecular weight excluding hydrogens is 416 g/mol. The van der Waals surface area contributed by atoms with Gasteiger partial charge in [0.15, 0.2) is 0 Å². The number of hydrogen-bond acceptors (Lipinski definition) is 4. The second kappa shape index (κ2) is 7.69. The van der Waals surface area contributed by atoms with Gasteiger partial charge in [0.2, 0.25) is 0 Å². The van der Waals surface area contributed by atoms with Crippen molar-refractivity contribution in [2.75, 3.05) is 11.1 Å². The molecule has 0 aliphatic heterocycles. The Morgan fingerprint density at radius 2 is 1.68 bits per heavy atom.